The Hall–Kier alpha value is -3.48. The van der Waals surface area contributed by atoms with Gasteiger partial charge in [-0.05, 0) is 42.5 Å². The first-order chi connectivity index (χ1) is 15.0. The van der Waals surface area contributed by atoms with Crippen molar-refractivity contribution in [1.29, 1.82) is 0 Å². The summed E-state index contributed by atoms with van der Waals surface area (Å²) in [7, 11) is 0. The van der Waals surface area contributed by atoms with Crippen molar-refractivity contribution in [3.63, 3.8) is 0 Å². The topological polar surface area (TPSA) is 52.7 Å². The lowest BCUT2D eigenvalue weighted by Crippen LogP contribution is -2.22. The molecule has 2 aromatic heterocycles. The summed E-state index contributed by atoms with van der Waals surface area (Å²) in [5.41, 5.74) is 1.13. The summed E-state index contributed by atoms with van der Waals surface area (Å²) in [6.07, 6.45) is 1.45. The first-order valence-electron chi connectivity index (χ1n) is 9.31. The molecule has 0 amide bonds. The van der Waals surface area contributed by atoms with Crippen molar-refractivity contribution in [2.45, 2.75) is 0 Å². The number of benzene rings is 3. The largest absolute Gasteiger partial charge is 0.269 e. The smallest absolute Gasteiger partial charge is 0.268 e. The minimum atomic E-state index is -0.515. The highest BCUT2D eigenvalue weighted by Crippen LogP contribution is 2.29. The van der Waals surface area contributed by atoms with Gasteiger partial charge in [-0.3, -0.25) is 9.36 Å². The van der Waals surface area contributed by atoms with Crippen LogP contribution in [0.3, 0.4) is 0 Å². The highest BCUT2D eigenvalue weighted by molar-refractivity contribution is 6.35. The molecule has 0 fully saturated rings. The van der Waals surface area contributed by atoms with Crippen LogP contribution in [0.1, 0.15) is 0 Å². The first kappa shape index (κ1) is 19.5. The summed E-state index contributed by atoms with van der Waals surface area (Å²) in [5.74, 6) is -0.407. The van der Waals surface area contributed by atoms with Gasteiger partial charge < -0.3 is 0 Å². The summed E-state index contributed by atoms with van der Waals surface area (Å²) in [6, 6.07) is 20.1. The highest BCUT2D eigenvalue weighted by Gasteiger charge is 2.21. The molecule has 3 aromatic carbocycles. The molecule has 0 aliphatic carbocycles. The number of hydrogen-bond donors (Lipinski definition) is 0. The third-order valence-corrected chi connectivity index (χ3v) is 5.40. The lowest BCUT2D eigenvalue weighted by atomic mass is 10.1. The molecule has 31 heavy (non-hydrogen) atoms. The van der Waals surface area contributed by atoms with Crippen molar-refractivity contribution in [2.75, 3.05) is 0 Å². The van der Waals surface area contributed by atoms with Crippen LogP contribution in [0.25, 0.3) is 33.8 Å². The van der Waals surface area contributed by atoms with Gasteiger partial charge in [0.15, 0.2) is 11.5 Å². The molecular formula is C23H13Cl2FN4O. The van der Waals surface area contributed by atoms with Gasteiger partial charge in [0.1, 0.15) is 11.2 Å². The van der Waals surface area contributed by atoms with E-state index < -0.39 is 11.4 Å². The summed E-state index contributed by atoms with van der Waals surface area (Å²) < 4.78 is 17.6. The number of nitrogens with zero attached hydrogens (tertiary/aromatic N) is 4. The quantitative estimate of drug-likeness (QED) is 0.355. The van der Waals surface area contributed by atoms with Crippen LogP contribution in [0, 0.1) is 5.82 Å². The van der Waals surface area contributed by atoms with Crippen LogP contribution in [-0.4, -0.2) is 19.3 Å². The molecule has 0 N–H and O–H groups in total. The average molecular weight is 451 g/mol. The third kappa shape index (κ3) is 3.30. The second kappa shape index (κ2) is 7.65. The van der Waals surface area contributed by atoms with E-state index in [1.165, 1.54) is 22.9 Å². The van der Waals surface area contributed by atoms with Crippen molar-refractivity contribution < 1.29 is 4.39 Å². The zero-order chi connectivity index (χ0) is 21.5. The summed E-state index contributed by atoms with van der Waals surface area (Å²) in [4.78, 5) is 18.2. The normalized spacial score (nSPS) is 11.2. The minimum absolute atomic E-state index is 0.109. The van der Waals surface area contributed by atoms with E-state index in [0.717, 1.165) is 5.69 Å². The molecular weight excluding hydrogens is 438 g/mol. The molecule has 8 heteroatoms. The molecule has 0 atom stereocenters. The fourth-order valence-corrected chi connectivity index (χ4v) is 3.93. The lowest BCUT2D eigenvalue weighted by molar-refractivity contribution is 0.629. The minimum Gasteiger partial charge on any atom is -0.268 e. The summed E-state index contributed by atoms with van der Waals surface area (Å²) >= 11 is 12.4. The Morgan fingerprint density at radius 2 is 1.65 bits per heavy atom. The Bertz CT molecular complexity index is 1500. The summed E-state index contributed by atoms with van der Waals surface area (Å²) in [6.45, 7) is 0. The zero-order valence-corrected chi connectivity index (χ0v) is 17.3. The Morgan fingerprint density at radius 1 is 0.903 bits per heavy atom. The lowest BCUT2D eigenvalue weighted by Gasteiger charge is -2.15. The number of halogens is 3. The summed E-state index contributed by atoms with van der Waals surface area (Å²) in [5, 5.41) is 5.28. The predicted octanol–water partition coefficient (Wildman–Crippen LogP) is 5.68. The monoisotopic (exact) mass is 450 g/mol. The molecule has 5 rings (SSSR count). The molecule has 5 nitrogen and oxygen atoms in total. The van der Waals surface area contributed by atoms with Crippen molar-refractivity contribution >= 4 is 34.2 Å². The molecule has 0 radical (unpaired) electrons. The van der Waals surface area contributed by atoms with E-state index in [9.17, 15) is 9.18 Å². The highest BCUT2D eigenvalue weighted by atomic mass is 35.5. The maximum atomic E-state index is 14.8. The first-order valence-corrected chi connectivity index (χ1v) is 10.1. The number of hydrogen-bond acceptors (Lipinski definition) is 3. The Balaban J connectivity index is 1.90. The number of fused-ring (bicyclic) bond motifs is 1. The number of rotatable bonds is 3. The van der Waals surface area contributed by atoms with E-state index in [2.05, 4.69) is 10.1 Å². The third-order valence-electron chi connectivity index (χ3n) is 4.87. The maximum absolute atomic E-state index is 14.8. The van der Waals surface area contributed by atoms with Crippen molar-refractivity contribution in [3.8, 4) is 22.8 Å². The van der Waals surface area contributed by atoms with Crippen molar-refractivity contribution in [2.24, 2.45) is 0 Å². The molecule has 0 aliphatic heterocycles. The fraction of sp³-hybridized carbons (Fsp3) is 0. The molecule has 2 heterocycles. The van der Waals surface area contributed by atoms with E-state index >= 15 is 0 Å². The van der Waals surface area contributed by atoms with E-state index in [0.29, 0.717) is 16.4 Å². The van der Waals surface area contributed by atoms with Crippen LogP contribution >= 0.6 is 23.2 Å². The molecule has 0 saturated heterocycles. The maximum Gasteiger partial charge on any atom is 0.269 e. The van der Waals surface area contributed by atoms with E-state index in [1.807, 2.05) is 30.3 Å². The van der Waals surface area contributed by atoms with Crippen LogP contribution in [0.4, 0.5) is 4.39 Å². The molecule has 0 unspecified atom stereocenters. The number of aromatic nitrogens is 4. The van der Waals surface area contributed by atoms with Crippen LogP contribution in [0.15, 0.2) is 83.8 Å². The van der Waals surface area contributed by atoms with Gasteiger partial charge in [0.05, 0.1) is 28.2 Å². The standard InChI is InChI=1S/C23H13Cl2FN4O/c24-14-10-11-20(18(25)12-14)29-21(16-8-4-5-9-19(16)26)28-22-17(23(29)31)13-27-30(22)15-6-2-1-3-7-15/h1-13H. The molecule has 0 aliphatic rings. The second-order valence-corrected chi connectivity index (χ2v) is 7.62. The van der Waals surface area contributed by atoms with Gasteiger partial charge in [-0.25, -0.2) is 14.1 Å². The van der Waals surface area contributed by atoms with Gasteiger partial charge >= 0.3 is 0 Å². The molecule has 152 valence electrons. The van der Waals surface area contributed by atoms with Gasteiger partial charge in [-0.1, -0.05) is 53.5 Å². The van der Waals surface area contributed by atoms with Crippen LogP contribution in [-0.2, 0) is 0 Å². The van der Waals surface area contributed by atoms with Crippen LogP contribution in [0.2, 0.25) is 10.0 Å². The Kier molecular flexibility index (Phi) is 4.81. The van der Waals surface area contributed by atoms with Gasteiger partial charge in [-0.15, -0.1) is 0 Å². The van der Waals surface area contributed by atoms with E-state index in [4.69, 9.17) is 23.2 Å². The zero-order valence-electron chi connectivity index (χ0n) is 15.8. The van der Waals surface area contributed by atoms with E-state index in [-0.39, 0.29) is 21.8 Å². The average Bonchev–Trinajstić information content (AvgIpc) is 3.20. The second-order valence-electron chi connectivity index (χ2n) is 6.78. The fourth-order valence-electron chi connectivity index (χ4n) is 3.43. The van der Waals surface area contributed by atoms with Gasteiger partial charge in [0.2, 0.25) is 0 Å². The Morgan fingerprint density at radius 3 is 2.39 bits per heavy atom. The van der Waals surface area contributed by atoms with E-state index in [1.54, 1.807) is 35.0 Å². The SMILES string of the molecule is O=c1c2cnn(-c3ccccc3)c2nc(-c2ccccc2F)n1-c1ccc(Cl)cc1Cl. The molecule has 0 saturated carbocycles. The predicted molar refractivity (Wildman–Crippen MR) is 120 cm³/mol. The van der Waals surface area contributed by atoms with Crippen molar-refractivity contribution in [1.82, 2.24) is 19.3 Å². The Labute approximate surface area is 185 Å². The number of para-hydroxylation sites is 1. The van der Waals surface area contributed by atoms with Gasteiger partial charge in [-0.2, -0.15) is 5.10 Å². The molecule has 5 aromatic rings. The van der Waals surface area contributed by atoms with Crippen molar-refractivity contribution in [3.05, 3.63) is 105 Å². The van der Waals surface area contributed by atoms with Gasteiger partial charge in [0, 0.05) is 5.02 Å². The molecule has 0 bridgehead atoms. The van der Waals surface area contributed by atoms with Crippen LogP contribution in [0.5, 0.6) is 0 Å². The van der Waals surface area contributed by atoms with Crippen LogP contribution < -0.4 is 5.56 Å². The van der Waals surface area contributed by atoms with Gasteiger partial charge in [0.25, 0.3) is 5.56 Å². The molecule has 0 spiro atoms.